The minimum absolute atomic E-state index is 0.368. The Balaban J connectivity index is 2.30. The van der Waals surface area contributed by atoms with E-state index in [1.807, 2.05) is 12.1 Å². The molecule has 0 fully saturated rings. The number of thiophene rings is 1. The molecule has 0 aliphatic rings. The molecule has 0 aliphatic carbocycles. The number of halogens is 1. The van der Waals surface area contributed by atoms with Gasteiger partial charge in [-0.15, -0.1) is 11.3 Å². The highest BCUT2D eigenvalue weighted by Crippen LogP contribution is 2.21. The van der Waals surface area contributed by atoms with E-state index in [1.54, 1.807) is 18.3 Å². The predicted octanol–water partition coefficient (Wildman–Crippen LogP) is 2.76. The summed E-state index contributed by atoms with van der Waals surface area (Å²) in [5.74, 6) is 0. The highest BCUT2D eigenvalue weighted by Gasteiger charge is 2.01. The molecule has 1 aromatic heterocycles. The molecule has 5 heteroatoms. The van der Waals surface area contributed by atoms with Crippen LogP contribution in [0, 0.1) is 0 Å². The monoisotopic (exact) mass is 263 g/mol. The molecule has 1 amide bonds. The first-order valence-electron chi connectivity index (χ1n) is 3.87. The van der Waals surface area contributed by atoms with E-state index in [1.165, 1.54) is 0 Å². The second-order valence-electron chi connectivity index (χ2n) is 2.28. The molecular weight excluding hydrogens is 254 g/mol. The fourth-order valence-electron chi connectivity index (χ4n) is 0.788. The standard InChI is InChI=1S/C8H10BrNO2S/c1-2-12-8(11)10-5-6-3-4-7(9)13-6/h3-4H,2,5H2,1H3,(H,10,11). The van der Waals surface area contributed by atoms with E-state index >= 15 is 0 Å². The van der Waals surface area contributed by atoms with Crippen molar-refractivity contribution in [2.45, 2.75) is 13.5 Å². The van der Waals surface area contributed by atoms with Gasteiger partial charge in [-0.1, -0.05) is 0 Å². The lowest BCUT2D eigenvalue weighted by molar-refractivity contribution is 0.152. The Bertz CT molecular complexity index is 287. The van der Waals surface area contributed by atoms with Crippen molar-refractivity contribution in [3.05, 3.63) is 20.8 Å². The molecular formula is C8H10BrNO2S. The Kier molecular flexibility index (Phi) is 4.24. The zero-order chi connectivity index (χ0) is 9.68. The Morgan fingerprint density at radius 3 is 3.00 bits per heavy atom. The zero-order valence-electron chi connectivity index (χ0n) is 7.17. The van der Waals surface area contributed by atoms with Crippen molar-refractivity contribution in [1.82, 2.24) is 5.32 Å². The van der Waals surface area contributed by atoms with Gasteiger partial charge >= 0.3 is 6.09 Å². The summed E-state index contributed by atoms with van der Waals surface area (Å²) in [4.78, 5) is 12.0. The summed E-state index contributed by atoms with van der Waals surface area (Å²) in [5.41, 5.74) is 0. The molecule has 1 heterocycles. The van der Waals surface area contributed by atoms with E-state index in [4.69, 9.17) is 4.74 Å². The fraction of sp³-hybridized carbons (Fsp3) is 0.375. The molecule has 0 radical (unpaired) electrons. The van der Waals surface area contributed by atoms with Crippen LogP contribution in [-0.4, -0.2) is 12.7 Å². The third kappa shape index (κ3) is 3.78. The first-order valence-corrected chi connectivity index (χ1v) is 5.48. The number of rotatable bonds is 3. The molecule has 1 N–H and O–H groups in total. The van der Waals surface area contributed by atoms with Crippen LogP contribution in [0.25, 0.3) is 0 Å². The van der Waals surface area contributed by atoms with Crippen LogP contribution in [0.1, 0.15) is 11.8 Å². The van der Waals surface area contributed by atoms with Gasteiger partial charge in [-0.25, -0.2) is 4.79 Å². The first-order chi connectivity index (χ1) is 6.22. The molecule has 0 unspecified atom stereocenters. The largest absolute Gasteiger partial charge is 0.450 e. The minimum atomic E-state index is -0.368. The normalized spacial score (nSPS) is 9.69. The summed E-state index contributed by atoms with van der Waals surface area (Å²) < 4.78 is 5.78. The predicted molar refractivity (Wildman–Crippen MR) is 55.9 cm³/mol. The van der Waals surface area contributed by atoms with Crippen LogP contribution in [0.2, 0.25) is 0 Å². The maximum atomic E-state index is 10.9. The number of ether oxygens (including phenoxy) is 1. The number of carbonyl (C=O) groups excluding carboxylic acids is 1. The summed E-state index contributed by atoms with van der Waals surface area (Å²) in [6.07, 6.45) is -0.368. The molecule has 0 aliphatic heterocycles. The summed E-state index contributed by atoms with van der Waals surface area (Å²) >= 11 is 4.94. The lowest BCUT2D eigenvalue weighted by Gasteiger charge is -2.02. The lowest BCUT2D eigenvalue weighted by atomic mass is 10.5. The minimum Gasteiger partial charge on any atom is -0.450 e. The fourth-order valence-corrected chi connectivity index (χ4v) is 2.21. The molecule has 0 spiro atoms. The molecule has 0 saturated heterocycles. The number of hydrogen-bond acceptors (Lipinski definition) is 3. The van der Waals surface area contributed by atoms with Gasteiger partial charge in [0, 0.05) is 4.88 Å². The molecule has 0 atom stereocenters. The van der Waals surface area contributed by atoms with Crippen LogP contribution in [0.3, 0.4) is 0 Å². The Morgan fingerprint density at radius 2 is 2.46 bits per heavy atom. The van der Waals surface area contributed by atoms with E-state index in [0.29, 0.717) is 13.2 Å². The summed E-state index contributed by atoms with van der Waals surface area (Å²) in [5, 5.41) is 2.64. The van der Waals surface area contributed by atoms with Crippen molar-refractivity contribution in [2.75, 3.05) is 6.61 Å². The third-order valence-electron chi connectivity index (χ3n) is 1.31. The van der Waals surface area contributed by atoms with E-state index in [2.05, 4.69) is 21.2 Å². The van der Waals surface area contributed by atoms with Gasteiger partial charge in [-0.2, -0.15) is 0 Å². The average Bonchev–Trinajstić information content (AvgIpc) is 2.49. The second-order valence-corrected chi connectivity index (χ2v) is 4.83. The van der Waals surface area contributed by atoms with Crippen molar-refractivity contribution in [3.8, 4) is 0 Å². The molecule has 1 rings (SSSR count). The zero-order valence-corrected chi connectivity index (χ0v) is 9.57. The van der Waals surface area contributed by atoms with Crippen LogP contribution in [0.15, 0.2) is 15.9 Å². The number of alkyl carbamates (subject to hydrolysis) is 1. The van der Waals surface area contributed by atoms with E-state index in [-0.39, 0.29) is 6.09 Å². The number of nitrogens with one attached hydrogen (secondary N) is 1. The molecule has 0 saturated carbocycles. The number of hydrogen-bond donors (Lipinski definition) is 1. The molecule has 72 valence electrons. The number of carbonyl (C=O) groups is 1. The van der Waals surface area contributed by atoms with Crippen LogP contribution in [0.5, 0.6) is 0 Å². The van der Waals surface area contributed by atoms with Crippen LogP contribution < -0.4 is 5.32 Å². The quantitative estimate of drug-likeness (QED) is 0.911. The van der Waals surface area contributed by atoms with Gasteiger partial charge in [0.1, 0.15) is 0 Å². The highest BCUT2D eigenvalue weighted by molar-refractivity contribution is 9.11. The van der Waals surface area contributed by atoms with Crippen LogP contribution >= 0.6 is 27.3 Å². The number of amides is 1. The molecule has 3 nitrogen and oxygen atoms in total. The smallest absolute Gasteiger partial charge is 0.407 e. The van der Waals surface area contributed by atoms with E-state index in [0.717, 1.165) is 8.66 Å². The SMILES string of the molecule is CCOC(=O)NCc1ccc(Br)s1. The lowest BCUT2D eigenvalue weighted by Crippen LogP contribution is -2.23. The maximum absolute atomic E-state index is 10.9. The highest BCUT2D eigenvalue weighted by atomic mass is 79.9. The van der Waals surface area contributed by atoms with Gasteiger partial charge in [0.05, 0.1) is 16.9 Å². The van der Waals surface area contributed by atoms with Crippen LogP contribution in [0.4, 0.5) is 4.79 Å². The van der Waals surface area contributed by atoms with E-state index < -0.39 is 0 Å². The average molecular weight is 264 g/mol. The van der Waals surface area contributed by atoms with Gasteiger partial charge in [0.25, 0.3) is 0 Å². The Morgan fingerprint density at radius 1 is 1.69 bits per heavy atom. The molecule has 0 aromatic carbocycles. The molecule has 0 bridgehead atoms. The van der Waals surface area contributed by atoms with E-state index in [9.17, 15) is 4.79 Å². The maximum Gasteiger partial charge on any atom is 0.407 e. The van der Waals surface area contributed by atoms with Crippen molar-refractivity contribution in [2.24, 2.45) is 0 Å². The van der Waals surface area contributed by atoms with Gasteiger partial charge in [0.2, 0.25) is 0 Å². The Labute approximate surface area is 89.2 Å². The molecule has 13 heavy (non-hydrogen) atoms. The Hall–Kier alpha value is -0.550. The summed E-state index contributed by atoms with van der Waals surface area (Å²) in [6.45, 7) is 2.70. The van der Waals surface area contributed by atoms with Gasteiger partial charge in [-0.3, -0.25) is 0 Å². The third-order valence-corrected chi connectivity index (χ3v) is 2.93. The summed E-state index contributed by atoms with van der Waals surface area (Å²) in [6, 6.07) is 3.91. The van der Waals surface area contributed by atoms with Crippen molar-refractivity contribution < 1.29 is 9.53 Å². The second kappa shape index (κ2) is 5.24. The van der Waals surface area contributed by atoms with Gasteiger partial charge < -0.3 is 10.1 Å². The van der Waals surface area contributed by atoms with Gasteiger partial charge in [0.15, 0.2) is 0 Å². The topological polar surface area (TPSA) is 38.3 Å². The van der Waals surface area contributed by atoms with Crippen molar-refractivity contribution in [3.63, 3.8) is 0 Å². The van der Waals surface area contributed by atoms with Crippen LogP contribution in [-0.2, 0) is 11.3 Å². The van der Waals surface area contributed by atoms with Crippen molar-refractivity contribution >= 4 is 33.4 Å². The summed E-state index contributed by atoms with van der Waals surface area (Å²) in [7, 11) is 0. The van der Waals surface area contributed by atoms with Gasteiger partial charge in [-0.05, 0) is 35.0 Å². The van der Waals surface area contributed by atoms with Crippen molar-refractivity contribution in [1.29, 1.82) is 0 Å². The molecule has 1 aromatic rings. The first kappa shape index (κ1) is 10.5.